The standard InChI is InChI=1S/C11H11I2NO4/c1-18-10-7(12)2-6(3-8(10)13)4-9(11(16)17)14-5-15/h2-3,5,9H,4H2,1H3,(H,14,15)(H,16,17)/t9-/m0/s1. The minimum Gasteiger partial charge on any atom is -0.495 e. The third-order valence-electron chi connectivity index (χ3n) is 2.27. The number of carboxylic acid groups (broad SMARTS) is 1. The molecule has 0 radical (unpaired) electrons. The minimum atomic E-state index is -1.05. The van der Waals surface area contributed by atoms with Crippen LogP contribution < -0.4 is 10.1 Å². The van der Waals surface area contributed by atoms with Crippen molar-refractivity contribution in [3.05, 3.63) is 24.8 Å². The molecule has 0 aromatic heterocycles. The summed E-state index contributed by atoms with van der Waals surface area (Å²) in [5, 5.41) is 11.2. The molecular weight excluding hydrogens is 464 g/mol. The summed E-state index contributed by atoms with van der Waals surface area (Å²) in [6.07, 6.45) is 0.641. The zero-order chi connectivity index (χ0) is 13.7. The molecule has 0 fully saturated rings. The molecule has 1 rings (SSSR count). The summed E-state index contributed by atoms with van der Waals surface area (Å²) < 4.78 is 7.05. The van der Waals surface area contributed by atoms with E-state index in [1.165, 1.54) is 0 Å². The molecule has 18 heavy (non-hydrogen) atoms. The van der Waals surface area contributed by atoms with Crippen molar-refractivity contribution in [1.82, 2.24) is 5.32 Å². The number of halogens is 2. The minimum absolute atomic E-state index is 0.240. The number of aliphatic carboxylic acids is 1. The van der Waals surface area contributed by atoms with Gasteiger partial charge in [0, 0.05) is 6.42 Å². The van der Waals surface area contributed by atoms with E-state index in [-0.39, 0.29) is 6.42 Å². The molecule has 0 saturated carbocycles. The van der Waals surface area contributed by atoms with Crippen LogP contribution in [0.2, 0.25) is 0 Å². The van der Waals surface area contributed by atoms with Crippen molar-refractivity contribution >= 4 is 57.6 Å². The SMILES string of the molecule is COc1c(I)cc(C[C@H](NC=O)C(=O)O)cc1I. The summed E-state index contributed by atoms with van der Waals surface area (Å²) in [5.41, 5.74) is 0.839. The number of ether oxygens (including phenoxy) is 1. The molecule has 5 nitrogen and oxygen atoms in total. The highest BCUT2D eigenvalue weighted by Gasteiger charge is 2.18. The molecule has 7 heteroatoms. The maximum absolute atomic E-state index is 10.9. The van der Waals surface area contributed by atoms with Crippen LogP contribution in [0.3, 0.4) is 0 Å². The average Bonchev–Trinajstić information content (AvgIpc) is 2.28. The van der Waals surface area contributed by atoms with Crippen LogP contribution >= 0.6 is 45.2 Å². The van der Waals surface area contributed by atoms with Crippen LogP contribution in [-0.4, -0.2) is 30.6 Å². The van der Waals surface area contributed by atoms with E-state index in [9.17, 15) is 9.59 Å². The van der Waals surface area contributed by atoms with Gasteiger partial charge in [0.25, 0.3) is 0 Å². The summed E-state index contributed by atoms with van der Waals surface area (Å²) in [5.74, 6) is -0.280. The highest BCUT2D eigenvalue weighted by Crippen LogP contribution is 2.28. The molecule has 0 heterocycles. The number of rotatable bonds is 6. The monoisotopic (exact) mass is 475 g/mol. The van der Waals surface area contributed by atoms with Gasteiger partial charge in [-0.05, 0) is 62.9 Å². The van der Waals surface area contributed by atoms with Gasteiger partial charge >= 0.3 is 5.97 Å². The summed E-state index contributed by atoms with van der Waals surface area (Å²) in [4.78, 5) is 21.3. The zero-order valence-electron chi connectivity index (χ0n) is 9.44. The van der Waals surface area contributed by atoms with Gasteiger partial charge in [-0.1, -0.05) is 0 Å². The summed E-state index contributed by atoms with van der Waals surface area (Å²) in [6, 6.07) is 2.79. The molecule has 0 bridgehead atoms. The van der Waals surface area contributed by atoms with Crippen molar-refractivity contribution in [2.75, 3.05) is 7.11 Å². The second-order valence-corrected chi connectivity index (χ2v) is 5.80. The number of carbonyl (C=O) groups excluding carboxylic acids is 1. The lowest BCUT2D eigenvalue weighted by atomic mass is 10.1. The highest BCUT2D eigenvalue weighted by atomic mass is 127. The predicted molar refractivity (Wildman–Crippen MR) is 82.8 cm³/mol. The molecule has 0 saturated heterocycles. The topological polar surface area (TPSA) is 75.6 Å². The second-order valence-electron chi connectivity index (χ2n) is 3.47. The fourth-order valence-electron chi connectivity index (χ4n) is 1.46. The first-order valence-electron chi connectivity index (χ1n) is 4.94. The van der Waals surface area contributed by atoms with E-state index in [1.807, 2.05) is 12.1 Å². The van der Waals surface area contributed by atoms with Crippen molar-refractivity contribution in [3.8, 4) is 5.75 Å². The van der Waals surface area contributed by atoms with Crippen LogP contribution in [0.4, 0.5) is 0 Å². The Balaban J connectivity index is 2.97. The number of hydrogen-bond donors (Lipinski definition) is 2. The van der Waals surface area contributed by atoms with Gasteiger partial charge in [-0.15, -0.1) is 0 Å². The summed E-state index contributed by atoms with van der Waals surface area (Å²) in [6.45, 7) is 0. The van der Waals surface area contributed by atoms with Gasteiger partial charge in [-0.25, -0.2) is 4.79 Å². The van der Waals surface area contributed by atoms with Gasteiger partial charge in [-0.3, -0.25) is 4.79 Å². The fourth-order valence-corrected chi connectivity index (χ4v) is 3.80. The van der Waals surface area contributed by atoms with Crippen molar-refractivity contribution in [2.45, 2.75) is 12.5 Å². The Morgan fingerprint density at radius 2 is 2.06 bits per heavy atom. The fraction of sp³-hybridized carbons (Fsp3) is 0.273. The molecule has 2 N–H and O–H groups in total. The average molecular weight is 475 g/mol. The number of carbonyl (C=O) groups is 2. The van der Waals surface area contributed by atoms with Gasteiger partial charge in [0.05, 0.1) is 14.3 Å². The first kappa shape index (κ1) is 15.5. The van der Waals surface area contributed by atoms with Crippen LogP contribution in [0.15, 0.2) is 12.1 Å². The number of benzene rings is 1. The third kappa shape index (κ3) is 3.97. The molecule has 1 aromatic carbocycles. The Labute approximate surface area is 132 Å². The molecule has 0 spiro atoms. The molecule has 1 amide bonds. The van der Waals surface area contributed by atoms with Crippen molar-refractivity contribution in [1.29, 1.82) is 0 Å². The first-order chi connectivity index (χ1) is 8.49. The number of nitrogens with one attached hydrogen (secondary N) is 1. The van der Waals surface area contributed by atoms with Gasteiger partial charge in [0.15, 0.2) is 0 Å². The lowest BCUT2D eigenvalue weighted by Crippen LogP contribution is -2.37. The van der Waals surface area contributed by atoms with Gasteiger partial charge < -0.3 is 15.2 Å². The van der Waals surface area contributed by atoms with Gasteiger partial charge in [0.2, 0.25) is 6.41 Å². The number of carboxylic acids is 1. The Morgan fingerprint density at radius 3 is 2.44 bits per heavy atom. The summed E-state index contributed by atoms with van der Waals surface area (Å²) in [7, 11) is 1.59. The van der Waals surface area contributed by atoms with E-state index in [4.69, 9.17) is 9.84 Å². The van der Waals surface area contributed by atoms with Crippen molar-refractivity contribution in [3.63, 3.8) is 0 Å². The summed E-state index contributed by atoms with van der Waals surface area (Å²) >= 11 is 4.26. The maximum atomic E-state index is 10.9. The predicted octanol–water partition coefficient (Wildman–Crippen LogP) is 1.65. The van der Waals surface area contributed by atoms with E-state index < -0.39 is 12.0 Å². The maximum Gasteiger partial charge on any atom is 0.326 e. The van der Waals surface area contributed by atoms with Crippen molar-refractivity contribution < 1.29 is 19.4 Å². The lowest BCUT2D eigenvalue weighted by Gasteiger charge is -2.13. The lowest BCUT2D eigenvalue weighted by molar-refractivity contribution is -0.140. The number of hydrogen-bond acceptors (Lipinski definition) is 3. The van der Waals surface area contributed by atoms with E-state index in [1.54, 1.807) is 7.11 Å². The van der Waals surface area contributed by atoms with Crippen LogP contribution in [0.5, 0.6) is 5.75 Å². The molecule has 0 unspecified atom stereocenters. The normalized spacial score (nSPS) is 11.7. The molecular formula is C11H11I2NO4. The zero-order valence-corrected chi connectivity index (χ0v) is 13.8. The number of amides is 1. The largest absolute Gasteiger partial charge is 0.495 e. The molecule has 98 valence electrons. The molecule has 0 aliphatic rings. The highest BCUT2D eigenvalue weighted by molar-refractivity contribution is 14.1. The van der Waals surface area contributed by atoms with Crippen LogP contribution in [0.25, 0.3) is 0 Å². The first-order valence-corrected chi connectivity index (χ1v) is 7.09. The van der Waals surface area contributed by atoms with E-state index in [0.29, 0.717) is 6.41 Å². The van der Waals surface area contributed by atoms with Crippen LogP contribution in [-0.2, 0) is 16.0 Å². The Bertz CT molecular complexity index is 441. The van der Waals surface area contributed by atoms with Crippen LogP contribution in [0.1, 0.15) is 5.56 Å². The number of methoxy groups -OCH3 is 1. The molecule has 1 aromatic rings. The van der Waals surface area contributed by atoms with E-state index >= 15 is 0 Å². The van der Waals surface area contributed by atoms with E-state index in [0.717, 1.165) is 18.5 Å². The smallest absolute Gasteiger partial charge is 0.326 e. The molecule has 0 aliphatic carbocycles. The molecule has 0 aliphatic heterocycles. The Morgan fingerprint density at radius 1 is 1.50 bits per heavy atom. The quantitative estimate of drug-likeness (QED) is 0.485. The van der Waals surface area contributed by atoms with E-state index in [2.05, 4.69) is 50.5 Å². The third-order valence-corrected chi connectivity index (χ3v) is 3.87. The Hall–Kier alpha value is -0.580. The van der Waals surface area contributed by atoms with Crippen molar-refractivity contribution in [2.24, 2.45) is 0 Å². The van der Waals surface area contributed by atoms with Gasteiger partial charge in [0.1, 0.15) is 11.8 Å². The van der Waals surface area contributed by atoms with Gasteiger partial charge in [-0.2, -0.15) is 0 Å². The van der Waals surface area contributed by atoms with Crippen LogP contribution in [0, 0.1) is 7.14 Å². The Kier molecular flexibility index (Phi) is 6.12. The molecule has 1 atom stereocenters. The second kappa shape index (κ2) is 7.12.